The Hall–Kier alpha value is -2.32. The summed E-state index contributed by atoms with van der Waals surface area (Å²) in [7, 11) is -2.97. The molecule has 0 saturated carbocycles. The maximum atomic E-state index is 12.5. The van der Waals surface area contributed by atoms with E-state index in [0.29, 0.717) is 10.7 Å². The summed E-state index contributed by atoms with van der Waals surface area (Å²) in [5.41, 5.74) is 3.06. The summed E-state index contributed by atoms with van der Waals surface area (Å²) in [6.07, 6.45) is 0. The highest BCUT2D eigenvalue weighted by atomic mass is 32.2. The Morgan fingerprint density at radius 2 is 1.93 bits per heavy atom. The molecule has 2 aliphatic heterocycles. The normalized spacial score (nSPS) is 22.8. The molecule has 0 aromatic heterocycles. The quantitative estimate of drug-likeness (QED) is 0.826. The zero-order chi connectivity index (χ0) is 19.0. The second kappa shape index (κ2) is 7.01. The van der Waals surface area contributed by atoms with E-state index >= 15 is 0 Å². The van der Waals surface area contributed by atoms with Gasteiger partial charge in [0.1, 0.15) is 0 Å². The van der Waals surface area contributed by atoms with Crippen molar-refractivity contribution in [2.45, 2.75) is 18.2 Å². The minimum absolute atomic E-state index is 0.0117. The van der Waals surface area contributed by atoms with Crippen LogP contribution in [0, 0.1) is 6.92 Å². The molecule has 2 aliphatic rings. The number of hydrogen-bond acceptors (Lipinski definition) is 6. The number of nitrogens with one attached hydrogen (secondary N) is 2. The van der Waals surface area contributed by atoms with Gasteiger partial charge in [-0.05, 0) is 36.8 Å². The summed E-state index contributed by atoms with van der Waals surface area (Å²) in [4.78, 5) is 17.0. The van der Waals surface area contributed by atoms with Crippen molar-refractivity contribution in [1.29, 1.82) is 0 Å². The van der Waals surface area contributed by atoms with Gasteiger partial charge in [0.25, 0.3) is 5.91 Å². The van der Waals surface area contributed by atoms with Crippen LogP contribution in [0.5, 0.6) is 0 Å². The maximum absolute atomic E-state index is 12.5. The molecule has 4 rings (SSSR count). The summed E-state index contributed by atoms with van der Waals surface area (Å²) in [6.45, 7) is 1.95. The van der Waals surface area contributed by atoms with E-state index < -0.39 is 9.84 Å². The van der Waals surface area contributed by atoms with Crippen molar-refractivity contribution in [1.82, 2.24) is 0 Å². The van der Waals surface area contributed by atoms with Crippen molar-refractivity contribution < 1.29 is 13.2 Å². The van der Waals surface area contributed by atoms with Gasteiger partial charge in [-0.1, -0.05) is 36.0 Å². The van der Waals surface area contributed by atoms with Crippen molar-refractivity contribution in [3.8, 4) is 0 Å². The first kappa shape index (κ1) is 18.1. The Bertz CT molecular complexity index is 1020. The maximum Gasteiger partial charge on any atom is 0.255 e. The fourth-order valence-corrected chi connectivity index (χ4v) is 6.82. The Labute approximate surface area is 162 Å². The van der Waals surface area contributed by atoms with Crippen LogP contribution in [0.3, 0.4) is 0 Å². The number of amides is 1. The van der Waals surface area contributed by atoms with E-state index in [1.165, 1.54) is 11.8 Å². The topological polar surface area (TPSA) is 87.6 Å². The molecule has 2 aromatic rings. The van der Waals surface area contributed by atoms with E-state index in [4.69, 9.17) is 0 Å². The number of sulfone groups is 1. The summed E-state index contributed by atoms with van der Waals surface area (Å²) < 4.78 is 23.4. The van der Waals surface area contributed by atoms with Crippen molar-refractivity contribution in [2.75, 3.05) is 22.1 Å². The number of anilines is 2. The third-order valence-electron chi connectivity index (χ3n) is 4.59. The van der Waals surface area contributed by atoms with Crippen LogP contribution >= 0.6 is 11.8 Å². The summed E-state index contributed by atoms with van der Waals surface area (Å²) in [5.74, 6) is 0.109. The monoisotopic (exact) mass is 401 g/mol. The largest absolute Gasteiger partial charge is 0.335 e. The number of aryl methyl sites for hydroxylation is 1. The van der Waals surface area contributed by atoms with Crippen LogP contribution in [0.1, 0.15) is 15.9 Å². The number of benzene rings is 2. The van der Waals surface area contributed by atoms with Gasteiger partial charge in [-0.2, -0.15) is 0 Å². The van der Waals surface area contributed by atoms with Crippen LogP contribution in [-0.2, 0) is 9.84 Å². The highest BCUT2D eigenvalue weighted by molar-refractivity contribution is 8.15. The lowest BCUT2D eigenvalue weighted by atomic mass is 10.1. The number of hydrogen-bond donors (Lipinski definition) is 2. The van der Waals surface area contributed by atoms with Crippen LogP contribution in [0.2, 0.25) is 0 Å². The Morgan fingerprint density at radius 3 is 2.67 bits per heavy atom. The molecular formula is C19H19N3O3S2. The molecule has 8 heteroatoms. The molecule has 2 heterocycles. The van der Waals surface area contributed by atoms with Gasteiger partial charge in [0, 0.05) is 22.2 Å². The zero-order valence-corrected chi connectivity index (χ0v) is 16.3. The van der Waals surface area contributed by atoms with Crippen molar-refractivity contribution in [3.63, 3.8) is 0 Å². The fraction of sp³-hybridized carbons (Fsp3) is 0.263. The number of amidine groups is 1. The van der Waals surface area contributed by atoms with E-state index in [2.05, 4.69) is 15.6 Å². The van der Waals surface area contributed by atoms with E-state index in [-0.39, 0.29) is 28.7 Å². The predicted octanol–water partition coefficient (Wildman–Crippen LogP) is 2.93. The Balaban J connectivity index is 1.49. The van der Waals surface area contributed by atoms with Crippen LogP contribution in [-0.4, -0.2) is 42.3 Å². The average Bonchev–Trinajstić information content (AvgIpc) is 3.10. The standard InChI is InChI=1S/C19H19N3O3S2/c1-12-7-8-13(18(23)20-14-5-3-2-4-6-14)9-15(12)21-19-22-16-10-27(24,25)11-17(16)26-19/h2-9,16-17H,10-11H2,1H3,(H,20,23)(H,21,22)/t16-,17+/m0/s1. The molecule has 0 unspecified atom stereocenters. The predicted molar refractivity (Wildman–Crippen MR) is 110 cm³/mol. The number of rotatable bonds is 3. The van der Waals surface area contributed by atoms with Crippen LogP contribution < -0.4 is 10.6 Å². The van der Waals surface area contributed by atoms with Gasteiger partial charge in [-0.15, -0.1) is 0 Å². The van der Waals surface area contributed by atoms with E-state index in [1.54, 1.807) is 12.1 Å². The number of aliphatic imine (C=N–C) groups is 1. The van der Waals surface area contributed by atoms with Gasteiger partial charge in [-0.25, -0.2) is 8.42 Å². The molecule has 0 bridgehead atoms. The molecule has 2 N–H and O–H groups in total. The SMILES string of the molecule is Cc1ccc(C(=O)Nc2ccccc2)cc1NC1=N[C@H]2CS(=O)(=O)C[C@H]2S1. The van der Waals surface area contributed by atoms with Gasteiger partial charge < -0.3 is 10.6 Å². The van der Waals surface area contributed by atoms with Crippen LogP contribution in [0.15, 0.2) is 53.5 Å². The first-order chi connectivity index (χ1) is 12.9. The smallest absolute Gasteiger partial charge is 0.255 e. The van der Waals surface area contributed by atoms with Crippen molar-refractivity contribution in [3.05, 3.63) is 59.7 Å². The van der Waals surface area contributed by atoms with Crippen LogP contribution in [0.4, 0.5) is 11.4 Å². The molecular weight excluding hydrogens is 382 g/mol. The lowest BCUT2D eigenvalue weighted by molar-refractivity contribution is 0.102. The third-order valence-corrected chi connectivity index (χ3v) is 7.73. The number of carbonyl (C=O) groups is 1. The Kier molecular flexibility index (Phi) is 4.69. The van der Waals surface area contributed by atoms with E-state index in [9.17, 15) is 13.2 Å². The number of nitrogens with zero attached hydrogens (tertiary/aromatic N) is 1. The van der Waals surface area contributed by atoms with Gasteiger partial charge in [0.15, 0.2) is 15.0 Å². The minimum atomic E-state index is -2.97. The highest BCUT2D eigenvalue weighted by Gasteiger charge is 2.42. The summed E-state index contributed by atoms with van der Waals surface area (Å²) >= 11 is 1.46. The zero-order valence-electron chi connectivity index (χ0n) is 14.7. The average molecular weight is 402 g/mol. The lowest BCUT2D eigenvalue weighted by Gasteiger charge is -2.12. The van der Waals surface area contributed by atoms with E-state index in [0.717, 1.165) is 16.9 Å². The summed E-state index contributed by atoms with van der Waals surface area (Å²) in [5, 5.41) is 6.83. The number of carbonyl (C=O) groups excluding carboxylic acids is 1. The molecule has 2 atom stereocenters. The molecule has 1 fully saturated rings. The second-order valence-corrected chi connectivity index (χ2v) is 10.1. The molecule has 0 radical (unpaired) electrons. The van der Waals surface area contributed by atoms with Crippen LogP contribution in [0.25, 0.3) is 0 Å². The number of fused-ring (bicyclic) bond motifs is 1. The first-order valence-electron chi connectivity index (χ1n) is 8.58. The minimum Gasteiger partial charge on any atom is -0.335 e. The Morgan fingerprint density at radius 1 is 1.15 bits per heavy atom. The van der Waals surface area contributed by atoms with Gasteiger partial charge in [-0.3, -0.25) is 9.79 Å². The van der Waals surface area contributed by atoms with E-state index in [1.807, 2.05) is 43.3 Å². The van der Waals surface area contributed by atoms with Gasteiger partial charge in [0.2, 0.25) is 0 Å². The highest BCUT2D eigenvalue weighted by Crippen LogP contribution is 2.35. The van der Waals surface area contributed by atoms with Gasteiger partial charge >= 0.3 is 0 Å². The molecule has 0 spiro atoms. The van der Waals surface area contributed by atoms with Crippen molar-refractivity contribution in [2.24, 2.45) is 4.99 Å². The molecule has 27 heavy (non-hydrogen) atoms. The van der Waals surface area contributed by atoms with Crippen molar-refractivity contribution >= 4 is 44.0 Å². The molecule has 2 aromatic carbocycles. The van der Waals surface area contributed by atoms with Gasteiger partial charge in [0.05, 0.1) is 17.5 Å². The molecule has 140 valence electrons. The lowest BCUT2D eigenvalue weighted by Crippen LogP contribution is -2.14. The third kappa shape index (κ3) is 4.01. The second-order valence-electron chi connectivity index (χ2n) is 6.71. The molecule has 0 aliphatic carbocycles. The molecule has 1 saturated heterocycles. The number of thioether (sulfide) groups is 1. The molecule has 6 nitrogen and oxygen atoms in total. The summed E-state index contributed by atoms with van der Waals surface area (Å²) in [6, 6.07) is 14.6. The first-order valence-corrected chi connectivity index (χ1v) is 11.3. The molecule has 1 amide bonds. The fourth-order valence-electron chi connectivity index (χ4n) is 3.15. The number of para-hydroxylation sites is 1.